The van der Waals surface area contributed by atoms with Crippen molar-refractivity contribution >= 4 is 5.95 Å². The largest absolute Gasteiger partial charge is 0.486 e. The molecule has 0 fully saturated rings. The number of fused-ring (bicyclic) bond motifs is 1. The van der Waals surface area contributed by atoms with Crippen molar-refractivity contribution in [1.29, 1.82) is 0 Å². The van der Waals surface area contributed by atoms with Gasteiger partial charge in [-0.15, -0.1) is 0 Å². The van der Waals surface area contributed by atoms with Crippen molar-refractivity contribution < 1.29 is 14.2 Å². The van der Waals surface area contributed by atoms with Crippen LogP contribution in [0, 0.1) is 0 Å². The van der Waals surface area contributed by atoms with E-state index >= 15 is 0 Å². The molecule has 104 valence electrons. The Hall–Kier alpha value is -2.57. The standard InChI is InChI=1S/C13H14N4O3/c1-14-12-15-11(16-13(17-12)18-2)8-3-4-9-10(7-8)20-6-5-19-9/h3-4,7H,5-6H2,1-2H3,(H,14,15,16,17). The highest BCUT2D eigenvalue weighted by Crippen LogP contribution is 2.33. The second-order valence-corrected chi connectivity index (χ2v) is 4.08. The fourth-order valence-electron chi connectivity index (χ4n) is 1.87. The second-order valence-electron chi connectivity index (χ2n) is 4.08. The quantitative estimate of drug-likeness (QED) is 0.905. The van der Waals surface area contributed by atoms with Crippen LogP contribution in [0.2, 0.25) is 0 Å². The highest BCUT2D eigenvalue weighted by atomic mass is 16.6. The van der Waals surface area contributed by atoms with Crippen LogP contribution in [0.15, 0.2) is 18.2 Å². The maximum atomic E-state index is 5.56. The van der Waals surface area contributed by atoms with Gasteiger partial charge >= 0.3 is 6.01 Å². The Morgan fingerprint density at radius 2 is 1.90 bits per heavy atom. The summed E-state index contributed by atoms with van der Waals surface area (Å²) in [6.07, 6.45) is 0. The zero-order valence-corrected chi connectivity index (χ0v) is 11.2. The molecule has 1 aromatic carbocycles. The number of hydrogen-bond acceptors (Lipinski definition) is 7. The minimum atomic E-state index is 0.259. The van der Waals surface area contributed by atoms with E-state index in [1.807, 2.05) is 18.2 Å². The van der Waals surface area contributed by atoms with Gasteiger partial charge in [-0.25, -0.2) is 0 Å². The van der Waals surface area contributed by atoms with Crippen LogP contribution < -0.4 is 19.5 Å². The third-order valence-corrected chi connectivity index (χ3v) is 2.82. The van der Waals surface area contributed by atoms with Crippen molar-refractivity contribution in [2.24, 2.45) is 0 Å². The van der Waals surface area contributed by atoms with Gasteiger partial charge in [0.15, 0.2) is 17.3 Å². The Morgan fingerprint density at radius 3 is 2.65 bits per heavy atom. The molecule has 0 aliphatic carbocycles. The van der Waals surface area contributed by atoms with Crippen LogP contribution in [0.3, 0.4) is 0 Å². The molecule has 0 spiro atoms. The van der Waals surface area contributed by atoms with E-state index in [2.05, 4.69) is 20.3 Å². The zero-order chi connectivity index (χ0) is 13.9. The molecule has 20 heavy (non-hydrogen) atoms. The van der Waals surface area contributed by atoms with Crippen molar-refractivity contribution in [3.05, 3.63) is 18.2 Å². The van der Waals surface area contributed by atoms with Crippen molar-refractivity contribution in [1.82, 2.24) is 15.0 Å². The number of anilines is 1. The van der Waals surface area contributed by atoms with Crippen LogP contribution in [0.5, 0.6) is 17.5 Å². The summed E-state index contributed by atoms with van der Waals surface area (Å²) in [6.45, 7) is 1.11. The average Bonchev–Trinajstić information content (AvgIpc) is 2.53. The first kappa shape index (κ1) is 12.5. The maximum Gasteiger partial charge on any atom is 0.321 e. The Morgan fingerprint density at radius 1 is 1.10 bits per heavy atom. The van der Waals surface area contributed by atoms with Crippen molar-refractivity contribution in [2.75, 3.05) is 32.7 Å². The molecule has 0 atom stereocenters. The zero-order valence-electron chi connectivity index (χ0n) is 11.2. The Bertz CT molecular complexity index is 611. The molecule has 0 saturated carbocycles. The van der Waals surface area contributed by atoms with Crippen LogP contribution in [-0.2, 0) is 0 Å². The minimum Gasteiger partial charge on any atom is -0.486 e. The van der Waals surface area contributed by atoms with Crippen molar-refractivity contribution in [3.63, 3.8) is 0 Å². The molecule has 7 nitrogen and oxygen atoms in total. The van der Waals surface area contributed by atoms with Gasteiger partial charge in [-0.2, -0.15) is 15.0 Å². The number of rotatable bonds is 3. The van der Waals surface area contributed by atoms with Gasteiger partial charge in [0.05, 0.1) is 7.11 Å². The third-order valence-electron chi connectivity index (χ3n) is 2.82. The molecule has 0 unspecified atom stereocenters. The molecule has 3 rings (SSSR count). The smallest absolute Gasteiger partial charge is 0.321 e. The van der Waals surface area contributed by atoms with E-state index in [1.165, 1.54) is 7.11 Å². The summed E-state index contributed by atoms with van der Waals surface area (Å²) in [4.78, 5) is 12.6. The van der Waals surface area contributed by atoms with Crippen LogP contribution in [0.1, 0.15) is 0 Å². The van der Waals surface area contributed by atoms with Crippen molar-refractivity contribution in [2.45, 2.75) is 0 Å². The molecule has 0 saturated heterocycles. The summed E-state index contributed by atoms with van der Waals surface area (Å²) in [6, 6.07) is 5.83. The first-order valence-electron chi connectivity index (χ1n) is 6.18. The number of hydrogen-bond donors (Lipinski definition) is 1. The van der Waals surface area contributed by atoms with Crippen LogP contribution in [0.4, 0.5) is 5.95 Å². The summed E-state index contributed by atoms with van der Waals surface area (Å²) < 4.78 is 16.1. The summed E-state index contributed by atoms with van der Waals surface area (Å²) in [5, 5.41) is 2.88. The van der Waals surface area contributed by atoms with E-state index in [0.29, 0.717) is 30.7 Å². The highest BCUT2D eigenvalue weighted by Gasteiger charge is 2.15. The Balaban J connectivity index is 2.03. The molecule has 7 heteroatoms. The lowest BCUT2D eigenvalue weighted by Crippen LogP contribution is -2.15. The van der Waals surface area contributed by atoms with Crippen molar-refractivity contribution in [3.8, 4) is 28.9 Å². The molecule has 0 radical (unpaired) electrons. The van der Waals surface area contributed by atoms with E-state index in [9.17, 15) is 0 Å². The third kappa shape index (κ3) is 2.29. The predicted octanol–water partition coefficient (Wildman–Crippen LogP) is 1.36. The van der Waals surface area contributed by atoms with Gasteiger partial charge in [-0.1, -0.05) is 0 Å². The van der Waals surface area contributed by atoms with E-state index in [0.717, 1.165) is 11.3 Å². The van der Waals surface area contributed by atoms with Gasteiger partial charge in [0.25, 0.3) is 0 Å². The number of nitrogens with zero attached hydrogens (tertiary/aromatic N) is 3. The number of nitrogens with one attached hydrogen (secondary N) is 1. The lowest BCUT2D eigenvalue weighted by atomic mass is 10.2. The molecule has 2 heterocycles. The fourth-order valence-corrected chi connectivity index (χ4v) is 1.87. The maximum absolute atomic E-state index is 5.56. The topological polar surface area (TPSA) is 78.4 Å². The number of aromatic nitrogens is 3. The van der Waals surface area contributed by atoms with Gasteiger partial charge in [0.2, 0.25) is 5.95 Å². The molecule has 0 amide bonds. The molecule has 1 aromatic heterocycles. The molecule has 1 N–H and O–H groups in total. The lowest BCUT2D eigenvalue weighted by Gasteiger charge is -2.18. The van der Waals surface area contributed by atoms with E-state index in [1.54, 1.807) is 7.05 Å². The van der Waals surface area contributed by atoms with Gasteiger partial charge in [-0.05, 0) is 18.2 Å². The molecule has 0 bridgehead atoms. The normalized spacial score (nSPS) is 12.9. The summed E-state index contributed by atoms with van der Waals surface area (Å²) in [5.74, 6) is 2.38. The predicted molar refractivity (Wildman–Crippen MR) is 72.4 cm³/mol. The number of methoxy groups -OCH3 is 1. The summed E-state index contributed by atoms with van der Waals surface area (Å²) >= 11 is 0. The summed E-state index contributed by atoms with van der Waals surface area (Å²) in [7, 11) is 3.25. The molecule has 2 aromatic rings. The number of benzene rings is 1. The van der Waals surface area contributed by atoms with E-state index in [-0.39, 0.29) is 6.01 Å². The average molecular weight is 274 g/mol. The van der Waals surface area contributed by atoms with Gasteiger partial charge in [-0.3, -0.25) is 0 Å². The molecular formula is C13H14N4O3. The lowest BCUT2D eigenvalue weighted by molar-refractivity contribution is 0.171. The van der Waals surface area contributed by atoms with Crippen LogP contribution in [-0.4, -0.2) is 42.3 Å². The first-order chi connectivity index (χ1) is 9.80. The Kier molecular flexibility index (Phi) is 3.24. The second kappa shape index (κ2) is 5.20. The molecular weight excluding hydrogens is 260 g/mol. The fraction of sp³-hybridized carbons (Fsp3) is 0.308. The first-order valence-corrected chi connectivity index (χ1v) is 6.18. The highest BCUT2D eigenvalue weighted by molar-refractivity contribution is 5.62. The van der Waals surface area contributed by atoms with Crippen LogP contribution in [0.25, 0.3) is 11.4 Å². The number of ether oxygens (including phenoxy) is 3. The van der Waals surface area contributed by atoms with E-state index in [4.69, 9.17) is 14.2 Å². The molecule has 1 aliphatic heterocycles. The summed E-state index contributed by atoms with van der Waals surface area (Å²) in [5.41, 5.74) is 0.812. The van der Waals surface area contributed by atoms with Gasteiger partial charge in [0.1, 0.15) is 13.2 Å². The monoisotopic (exact) mass is 274 g/mol. The Labute approximate surface area is 115 Å². The van der Waals surface area contributed by atoms with Gasteiger partial charge in [0, 0.05) is 12.6 Å². The van der Waals surface area contributed by atoms with Crippen LogP contribution >= 0.6 is 0 Å². The SMILES string of the molecule is CNc1nc(OC)nc(-c2ccc3c(c2)OCCO3)n1. The minimum absolute atomic E-state index is 0.259. The molecule has 1 aliphatic rings. The van der Waals surface area contributed by atoms with E-state index < -0.39 is 0 Å². The van der Waals surface area contributed by atoms with Gasteiger partial charge < -0.3 is 19.5 Å².